The van der Waals surface area contributed by atoms with E-state index in [0.717, 1.165) is 6.07 Å². The fourth-order valence-electron chi connectivity index (χ4n) is 2.10. The molecule has 0 atom stereocenters. The quantitative estimate of drug-likeness (QED) is 0.489. The number of hydrogen-bond acceptors (Lipinski definition) is 6. The van der Waals surface area contributed by atoms with Gasteiger partial charge >= 0.3 is 5.97 Å². The summed E-state index contributed by atoms with van der Waals surface area (Å²) in [4.78, 5) is 22.5. The van der Waals surface area contributed by atoms with Crippen LogP contribution in [0.4, 0.5) is 10.1 Å². The number of nitro groups is 1. The predicted octanol–water partition coefficient (Wildman–Crippen LogP) is 2.82. The molecule has 1 aliphatic heterocycles. The number of carbonyl (C=O) groups excluding carboxylic acids is 1. The van der Waals surface area contributed by atoms with Crippen LogP contribution in [0, 0.1) is 15.9 Å². The zero-order chi connectivity index (χ0) is 16.4. The first kappa shape index (κ1) is 14.8. The molecule has 0 bridgehead atoms. The minimum absolute atomic E-state index is 0.0751. The number of fused-ring (bicyclic) bond motifs is 1. The Morgan fingerprint density at radius 1 is 1.26 bits per heavy atom. The number of hydrogen-bond donors (Lipinski definition) is 0. The average Bonchev–Trinajstić information content (AvgIpc) is 2.98. The highest BCUT2D eigenvalue weighted by Gasteiger charge is 2.28. The summed E-state index contributed by atoms with van der Waals surface area (Å²) in [5.41, 5.74) is -0.268. The molecule has 8 heteroatoms. The maximum Gasteiger partial charge on any atom is 0.345 e. The van der Waals surface area contributed by atoms with E-state index in [0.29, 0.717) is 5.56 Å². The molecule has 3 rings (SSSR count). The third-order valence-electron chi connectivity index (χ3n) is 3.17. The van der Waals surface area contributed by atoms with Crippen molar-refractivity contribution in [2.75, 3.05) is 6.79 Å². The Balaban J connectivity index is 1.83. The van der Waals surface area contributed by atoms with Gasteiger partial charge in [0.05, 0.1) is 11.0 Å². The molecule has 2 aromatic rings. The third kappa shape index (κ3) is 3.05. The highest BCUT2D eigenvalue weighted by Crippen LogP contribution is 2.38. The number of esters is 1. The maximum atomic E-state index is 13.1. The molecule has 0 spiro atoms. The van der Waals surface area contributed by atoms with E-state index in [9.17, 15) is 19.3 Å². The van der Waals surface area contributed by atoms with Crippen LogP contribution < -0.4 is 9.47 Å². The van der Waals surface area contributed by atoms with Gasteiger partial charge in [-0.05, 0) is 17.7 Å². The molecular weight excluding hydrogens is 309 g/mol. The molecule has 0 saturated carbocycles. The second-order valence-corrected chi connectivity index (χ2v) is 4.69. The largest absolute Gasteiger partial charge is 0.457 e. The molecule has 7 nitrogen and oxygen atoms in total. The number of benzene rings is 2. The summed E-state index contributed by atoms with van der Waals surface area (Å²) < 4.78 is 28.2. The van der Waals surface area contributed by atoms with Gasteiger partial charge in [0, 0.05) is 6.07 Å². The molecular formula is C15H10FNO6. The molecule has 1 aliphatic rings. The van der Waals surface area contributed by atoms with Crippen molar-refractivity contribution in [3.8, 4) is 11.5 Å². The lowest BCUT2D eigenvalue weighted by Crippen LogP contribution is -2.08. The molecule has 23 heavy (non-hydrogen) atoms. The molecule has 0 aromatic heterocycles. The normalized spacial score (nSPS) is 12.0. The van der Waals surface area contributed by atoms with Gasteiger partial charge in [0.2, 0.25) is 6.79 Å². The Labute approximate surface area is 129 Å². The van der Waals surface area contributed by atoms with Crippen molar-refractivity contribution >= 4 is 11.7 Å². The van der Waals surface area contributed by atoms with Gasteiger partial charge in [-0.2, -0.15) is 0 Å². The molecule has 118 valence electrons. The van der Waals surface area contributed by atoms with Crippen molar-refractivity contribution in [2.45, 2.75) is 6.61 Å². The number of halogens is 1. The van der Waals surface area contributed by atoms with Crippen molar-refractivity contribution in [3.05, 3.63) is 63.5 Å². The zero-order valence-corrected chi connectivity index (χ0v) is 11.7. The van der Waals surface area contributed by atoms with Crippen LogP contribution in [-0.2, 0) is 11.3 Å². The van der Waals surface area contributed by atoms with Crippen molar-refractivity contribution in [3.63, 3.8) is 0 Å². The van der Waals surface area contributed by atoms with Gasteiger partial charge in [0.25, 0.3) is 5.69 Å². The topological polar surface area (TPSA) is 87.9 Å². The van der Waals surface area contributed by atoms with Crippen molar-refractivity contribution in [1.82, 2.24) is 0 Å². The molecule has 0 saturated heterocycles. The summed E-state index contributed by atoms with van der Waals surface area (Å²) in [6.45, 7) is -0.281. The van der Waals surface area contributed by atoms with Crippen LogP contribution >= 0.6 is 0 Å². The summed E-state index contributed by atoms with van der Waals surface area (Å²) in [6.07, 6.45) is 0. The van der Waals surface area contributed by atoms with Crippen LogP contribution in [0.25, 0.3) is 0 Å². The maximum absolute atomic E-state index is 13.1. The van der Waals surface area contributed by atoms with Gasteiger partial charge in [-0.25, -0.2) is 9.18 Å². The second kappa shape index (κ2) is 5.91. The summed E-state index contributed by atoms with van der Waals surface area (Å²) in [7, 11) is 0. The highest BCUT2D eigenvalue weighted by atomic mass is 19.1. The van der Waals surface area contributed by atoms with Crippen molar-refractivity contribution in [2.24, 2.45) is 0 Å². The zero-order valence-electron chi connectivity index (χ0n) is 11.7. The van der Waals surface area contributed by atoms with Gasteiger partial charge < -0.3 is 14.2 Å². The van der Waals surface area contributed by atoms with Gasteiger partial charge in [-0.1, -0.05) is 12.1 Å². The van der Waals surface area contributed by atoms with Crippen LogP contribution in [0.1, 0.15) is 15.9 Å². The van der Waals surface area contributed by atoms with Crippen molar-refractivity contribution < 1.29 is 28.3 Å². The first-order chi connectivity index (χ1) is 11.0. The molecule has 0 unspecified atom stereocenters. The van der Waals surface area contributed by atoms with Crippen molar-refractivity contribution in [1.29, 1.82) is 0 Å². The Hall–Kier alpha value is -3.16. The molecule has 0 aliphatic carbocycles. The standard InChI is InChI=1S/C15H10FNO6/c16-10-3-1-2-9(4-10)7-21-15(18)11-5-13-14(23-8-22-13)6-12(11)17(19)20/h1-6H,7-8H2. The molecule has 0 amide bonds. The SMILES string of the molecule is O=C(OCc1cccc(F)c1)c1cc2c(cc1[N+](=O)[O-])OCO2. The fourth-order valence-corrected chi connectivity index (χ4v) is 2.10. The summed E-state index contributed by atoms with van der Waals surface area (Å²) in [5, 5.41) is 11.1. The Morgan fingerprint density at radius 3 is 2.70 bits per heavy atom. The van der Waals surface area contributed by atoms with Crippen LogP contribution in [-0.4, -0.2) is 17.7 Å². The third-order valence-corrected chi connectivity index (χ3v) is 3.17. The number of nitro benzene ring substituents is 1. The fraction of sp³-hybridized carbons (Fsp3) is 0.133. The van der Waals surface area contributed by atoms with Crippen LogP contribution in [0.3, 0.4) is 0 Å². The number of rotatable bonds is 4. The smallest absolute Gasteiger partial charge is 0.345 e. The Bertz CT molecular complexity index is 792. The molecule has 1 heterocycles. The monoisotopic (exact) mass is 319 g/mol. The number of nitrogens with zero attached hydrogens (tertiary/aromatic N) is 1. The average molecular weight is 319 g/mol. The lowest BCUT2D eigenvalue weighted by Gasteiger charge is -2.07. The lowest BCUT2D eigenvalue weighted by atomic mass is 10.1. The van der Waals surface area contributed by atoms with E-state index in [-0.39, 0.29) is 30.5 Å². The summed E-state index contributed by atoms with van der Waals surface area (Å²) in [6, 6.07) is 7.83. The van der Waals surface area contributed by atoms with E-state index in [1.54, 1.807) is 6.07 Å². The Kier molecular flexibility index (Phi) is 3.80. The van der Waals surface area contributed by atoms with Gasteiger partial charge in [-0.3, -0.25) is 10.1 Å². The molecule has 0 fully saturated rings. The van der Waals surface area contributed by atoms with E-state index in [1.165, 1.54) is 24.3 Å². The summed E-state index contributed by atoms with van der Waals surface area (Å²) >= 11 is 0. The molecule has 2 aromatic carbocycles. The van der Waals surface area contributed by atoms with E-state index >= 15 is 0 Å². The molecule has 0 radical (unpaired) electrons. The van der Waals surface area contributed by atoms with Gasteiger partial charge in [-0.15, -0.1) is 0 Å². The minimum atomic E-state index is -0.903. The van der Waals surface area contributed by atoms with E-state index < -0.39 is 22.4 Å². The van der Waals surface area contributed by atoms with Gasteiger partial charge in [0.1, 0.15) is 18.0 Å². The van der Waals surface area contributed by atoms with Crippen LogP contribution in [0.2, 0.25) is 0 Å². The Morgan fingerprint density at radius 2 is 2.00 bits per heavy atom. The van der Waals surface area contributed by atoms with E-state index in [2.05, 4.69) is 0 Å². The first-order valence-corrected chi connectivity index (χ1v) is 6.54. The van der Waals surface area contributed by atoms with Crippen LogP contribution in [0.15, 0.2) is 36.4 Å². The predicted molar refractivity (Wildman–Crippen MR) is 74.7 cm³/mol. The highest BCUT2D eigenvalue weighted by molar-refractivity contribution is 5.95. The second-order valence-electron chi connectivity index (χ2n) is 4.69. The van der Waals surface area contributed by atoms with E-state index in [1.807, 2.05) is 0 Å². The number of ether oxygens (including phenoxy) is 3. The first-order valence-electron chi connectivity index (χ1n) is 6.54. The summed E-state index contributed by atoms with van der Waals surface area (Å²) in [5.74, 6) is -0.946. The lowest BCUT2D eigenvalue weighted by molar-refractivity contribution is -0.385. The van der Waals surface area contributed by atoms with E-state index in [4.69, 9.17) is 14.2 Å². The van der Waals surface area contributed by atoms with Crippen LogP contribution in [0.5, 0.6) is 11.5 Å². The molecule has 0 N–H and O–H groups in total. The minimum Gasteiger partial charge on any atom is -0.457 e. The number of carbonyl (C=O) groups is 1. The van der Waals surface area contributed by atoms with Gasteiger partial charge in [0.15, 0.2) is 11.5 Å².